The molecule has 8 heteroatoms. The lowest BCUT2D eigenvalue weighted by Crippen LogP contribution is -2.30. The molecule has 0 bridgehead atoms. The number of thioether (sulfide) groups is 1. The van der Waals surface area contributed by atoms with Gasteiger partial charge in [-0.2, -0.15) is 0 Å². The molecule has 0 spiro atoms. The molecule has 2 aromatic carbocycles. The number of rotatable bonds is 6. The lowest BCUT2D eigenvalue weighted by Gasteiger charge is -2.14. The summed E-state index contributed by atoms with van der Waals surface area (Å²) < 4.78 is 6.27. The van der Waals surface area contributed by atoms with Crippen LogP contribution in [0.15, 0.2) is 76.1 Å². The molecule has 30 heavy (non-hydrogen) atoms. The van der Waals surface area contributed by atoms with Crippen LogP contribution in [0.2, 0.25) is 0 Å². The van der Waals surface area contributed by atoms with E-state index >= 15 is 0 Å². The van der Waals surface area contributed by atoms with Crippen LogP contribution < -0.4 is 0 Å². The Bertz CT molecular complexity index is 1150. The number of nitro benzene ring substituents is 1. The fourth-order valence-corrected chi connectivity index (χ4v) is 4.41. The molecular formula is C22H16N2O4S2. The minimum absolute atomic E-state index is 0.0364. The first-order valence-electron chi connectivity index (χ1n) is 9.16. The zero-order valence-electron chi connectivity index (χ0n) is 15.7. The summed E-state index contributed by atoms with van der Waals surface area (Å²) in [5, 5.41) is 11.2. The van der Waals surface area contributed by atoms with Crippen molar-refractivity contribution in [2.24, 2.45) is 0 Å². The second-order valence-electron chi connectivity index (χ2n) is 6.55. The van der Waals surface area contributed by atoms with Crippen molar-refractivity contribution in [1.82, 2.24) is 4.90 Å². The Morgan fingerprint density at radius 3 is 2.57 bits per heavy atom. The summed E-state index contributed by atoms with van der Waals surface area (Å²) in [6, 6.07) is 19.6. The quantitative estimate of drug-likeness (QED) is 0.226. The zero-order valence-corrected chi connectivity index (χ0v) is 17.3. The summed E-state index contributed by atoms with van der Waals surface area (Å²) in [4.78, 5) is 25.6. The van der Waals surface area contributed by atoms with E-state index in [0.29, 0.717) is 39.3 Å². The largest absolute Gasteiger partial charge is 0.456 e. The molecule has 1 amide bonds. The lowest BCUT2D eigenvalue weighted by atomic mass is 10.1. The average Bonchev–Trinajstić information content (AvgIpc) is 3.32. The number of carbonyl (C=O) groups excluding carboxylic acids is 1. The first kappa shape index (κ1) is 20.1. The molecule has 1 fully saturated rings. The summed E-state index contributed by atoms with van der Waals surface area (Å²) in [7, 11) is 0. The molecule has 0 N–H and O–H groups in total. The van der Waals surface area contributed by atoms with Crippen LogP contribution >= 0.6 is 24.0 Å². The maximum absolute atomic E-state index is 12.8. The van der Waals surface area contributed by atoms with E-state index in [1.165, 1.54) is 17.8 Å². The van der Waals surface area contributed by atoms with Gasteiger partial charge >= 0.3 is 0 Å². The van der Waals surface area contributed by atoms with Crippen molar-refractivity contribution in [1.29, 1.82) is 0 Å². The molecular weight excluding hydrogens is 420 g/mol. The second-order valence-corrected chi connectivity index (χ2v) is 8.22. The van der Waals surface area contributed by atoms with E-state index in [-0.39, 0.29) is 11.6 Å². The fraction of sp³-hybridized carbons (Fsp3) is 0.0909. The van der Waals surface area contributed by atoms with Crippen molar-refractivity contribution >= 4 is 46.0 Å². The van der Waals surface area contributed by atoms with Crippen LogP contribution in [0.4, 0.5) is 5.69 Å². The number of furan rings is 1. The van der Waals surface area contributed by atoms with Crippen LogP contribution in [-0.4, -0.2) is 26.6 Å². The fourth-order valence-electron chi connectivity index (χ4n) is 3.12. The van der Waals surface area contributed by atoms with Crippen molar-refractivity contribution in [2.75, 3.05) is 6.54 Å². The Balaban J connectivity index is 1.51. The number of hydrogen-bond donors (Lipinski definition) is 0. The Morgan fingerprint density at radius 2 is 1.80 bits per heavy atom. The number of para-hydroxylation sites is 1. The molecule has 2 heterocycles. The number of amides is 1. The monoisotopic (exact) mass is 436 g/mol. The molecule has 0 unspecified atom stereocenters. The van der Waals surface area contributed by atoms with Gasteiger partial charge in [0.1, 0.15) is 15.8 Å². The third-order valence-corrected chi connectivity index (χ3v) is 5.98. The van der Waals surface area contributed by atoms with E-state index in [0.717, 1.165) is 5.56 Å². The topological polar surface area (TPSA) is 76.6 Å². The van der Waals surface area contributed by atoms with Gasteiger partial charge in [-0.15, -0.1) is 0 Å². The molecule has 6 nitrogen and oxygen atoms in total. The standard InChI is InChI=1S/C22H16N2O4S2/c25-21-20(30-22(29)23(21)13-12-15-6-2-1-3-7-15)14-16-10-11-19(28-16)17-8-4-5-9-18(17)24(26)27/h1-11,14H,12-13H2/b20-14+. The number of nitro groups is 1. The van der Waals surface area contributed by atoms with Crippen LogP contribution in [0, 0.1) is 10.1 Å². The number of hydrogen-bond acceptors (Lipinski definition) is 6. The van der Waals surface area contributed by atoms with Gasteiger partial charge in [0.05, 0.1) is 15.4 Å². The van der Waals surface area contributed by atoms with Crippen molar-refractivity contribution in [3.8, 4) is 11.3 Å². The maximum Gasteiger partial charge on any atom is 0.280 e. The van der Waals surface area contributed by atoms with Gasteiger partial charge in [-0.3, -0.25) is 19.8 Å². The first-order chi connectivity index (χ1) is 14.5. The molecule has 0 saturated carbocycles. The molecule has 1 aliphatic heterocycles. The highest BCUT2D eigenvalue weighted by molar-refractivity contribution is 8.26. The van der Waals surface area contributed by atoms with Crippen LogP contribution in [0.25, 0.3) is 17.4 Å². The summed E-state index contributed by atoms with van der Waals surface area (Å²) in [6.45, 7) is 0.506. The van der Waals surface area contributed by atoms with Gasteiger partial charge < -0.3 is 4.42 Å². The molecule has 1 aliphatic rings. The molecule has 0 aliphatic carbocycles. The third kappa shape index (κ3) is 4.19. The van der Waals surface area contributed by atoms with Gasteiger partial charge in [-0.25, -0.2) is 0 Å². The van der Waals surface area contributed by atoms with Crippen molar-refractivity contribution in [3.05, 3.63) is 93.1 Å². The van der Waals surface area contributed by atoms with Crippen molar-refractivity contribution < 1.29 is 14.1 Å². The molecule has 1 saturated heterocycles. The minimum Gasteiger partial charge on any atom is -0.456 e. The van der Waals surface area contributed by atoms with E-state index < -0.39 is 4.92 Å². The SMILES string of the molecule is O=C1/C(=C\c2ccc(-c3ccccc3[N+](=O)[O-])o2)SC(=S)N1CCc1ccccc1. The Labute approximate surface area is 182 Å². The second kappa shape index (κ2) is 8.64. The highest BCUT2D eigenvalue weighted by Crippen LogP contribution is 2.35. The predicted molar refractivity (Wildman–Crippen MR) is 121 cm³/mol. The van der Waals surface area contributed by atoms with E-state index in [2.05, 4.69) is 0 Å². The highest BCUT2D eigenvalue weighted by Gasteiger charge is 2.32. The van der Waals surface area contributed by atoms with Gasteiger partial charge in [0, 0.05) is 18.7 Å². The molecule has 0 atom stereocenters. The van der Waals surface area contributed by atoms with E-state index in [9.17, 15) is 14.9 Å². The van der Waals surface area contributed by atoms with Gasteiger partial charge in [-0.05, 0) is 30.2 Å². The number of nitrogens with zero attached hydrogens (tertiary/aromatic N) is 2. The average molecular weight is 437 g/mol. The lowest BCUT2D eigenvalue weighted by molar-refractivity contribution is -0.384. The summed E-state index contributed by atoms with van der Waals surface area (Å²) in [5.41, 5.74) is 1.49. The van der Waals surface area contributed by atoms with Crippen LogP contribution in [0.5, 0.6) is 0 Å². The molecule has 150 valence electrons. The minimum atomic E-state index is -0.449. The molecule has 4 rings (SSSR count). The Hall–Kier alpha value is -3.23. The van der Waals surface area contributed by atoms with Crippen LogP contribution in [0.1, 0.15) is 11.3 Å². The predicted octanol–water partition coefficient (Wildman–Crippen LogP) is 5.30. The third-order valence-electron chi connectivity index (χ3n) is 4.61. The maximum atomic E-state index is 12.8. The highest BCUT2D eigenvalue weighted by atomic mass is 32.2. The summed E-state index contributed by atoms with van der Waals surface area (Å²) in [5.74, 6) is 0.643. The van der Waals surface area contributed by atoms with Crippen LogP contribution in [0.3, 0.4) is 0 Å². The van der Waals surface area contributed by atoms with Crippen molar-refractivity contribution in [2.45, 2.75) is 6.42 Å². The number of carbonyl (C=O) groups is 1. The Kier molecular flexibility index (Phi) is 5.78. The van der Waals surface area contributed by atoms with Gasteiger partial charge in [-0.1, -0.05) is 66.4 Å². The van der Waals surface area contributed by atoms with Gasteiger partial charge in [0.25, 0.3) is 11.6 Å². The molecule has 0 radical (unpaired) electrons. The van der Waals surface area contributed by atoms with E-state index in [4.69, 9.17) is 16.6 Å². The summed E-state index contributed by atoms with van der Waals surface area (Å²) in [6.07, 6.45) is 2.34. The number of thiocarbonyl (C=S) groups is 1. The Morgan fingerprint density at radius 1 is 1.07 bits per heavy atom. The van der Waals surface area contributed by atoms with Gasteiger partial charge in [0.15, 0.2) is 0 Å². The van der Waals surface area contributed by atoms with E-state index in [1.807, 2.05) is 30.3 Å². The van der Waals surface area contributed by atoms with Gasteiger partial charge in [0.2, 0.25) is 0 Å². The molecule has 3 aromatic rings. The van der Waals surface area contributed by atoms with Crippen molar-refractivity contribution in [3.63, 3.8) is 0 Å². The van der Waals surface area contributed by atoms with Crippen LogP contribution in [-0.2, 0) is 11.2 Å². The summed E-state index contributed by atoms with van der Waals surface area (Å²) >= 11 is 6.60. The molecule has 1 aromatic heterocycles. The first-order valence-corrected chi connectivity index (χ1v) is 10.4. The normalized spacial score (nSPS) is 15.2. The number of benzene rings is 2. The zero-order chi connectivity index (χ0) is 21.1. The smallest absolute Gasteiger partial charge is 0.280 e. The van der Waals surface area contributed by atoms with E-state index in [1.54, 1.807) is 41.3 Å².